The Balaban J connectivity index is 1.89. The van der Waals surface area contributed by atoms with Gasteiger partial charge in [0.05, 0.1) is 4.34 Å². The van der Waals surface area contributed by atoms with Gasteiger partial charge in [-0.2, -0.15) is 0 Å². The molecule has 13 heavy (non-hydrogen) atoms. The molecule has 0 radical (unpaired) electrons. The monoisotopic (exact) mass is 215 g/mol. The van der Waals surface area contributed by atoms with Crippen molar-refractivity contribution in [2.24, 2.45) is 0 Å². The third-order valence-corrected chi connectivity index (χ3v) is 3.67. The first-order valence-electron chi connectivity index (χ1n) is 4.81. The summed E-state index contributed by atoms with van der Waals surface area (Å²) >= 11 is 7.58. The first kappa shape index (κ1) is 9.50. The van der Waals surface area contributed by atoms with Gasteiger partial charge in [-0.15, -0.1) is 11.3 Å². The summed E-state index contributed by atoms with van der Waals surface area (Å²) in [5.74, 6) is 0. The summed E-state index contributed by atoms with van der Waals surface area (Å²) in [5.41, 5.74) is 0. The fraction of sp³-hybridized carbons (Fsp3) is 0.600. The number of hydrogen-bond acceptors (Lipinski definition) is 2. The van der Waals surface area contributed by atoms with Crippen LogP contribution >= 0.6 is 22.9 Å². The number of likely N-dealkylation sites (tertiary alicyclic amines) is 1. The summed E-state index contributed by atoms with van der Waals surface area (Å²) in [7, 11) is 0. The van der Waals surface area contributed by atoms with Crippen LogP contribution in [0.15, 0.2) is 12.1 Å². The molecular weight excluding hydrogens is 202 g/mol. The van der Waals surface area contributed by atoms with E-state index in [1.807, 2.05) is 6.07 Å². The summed E-state index contributed by atoms with van der Waals surface area (Å²) in [6, 6.07) is 4.13. The quantitative estimate of drug-likeness (QED) is 0.731. The van der Waals surface area contributed by atoms with E-state index in [9.17, 15) is 0 Å². The Morgan fingerprint density at radius 3 is 2.62 bits per heavy atom. The van der Waals surface area contributed by atoms with Gasteiger partial charge in [0.2, 0.25) is 0 Å². The molecule has 1 aliphatic rings. The first-order chi connectivity index (χ1) is 6.34. The molecule has 0 bridgehead atoms. The zero-order chi connectivity index (χ0) is 9.10. The SMILES string of the molecule is Clc1ccc(CN2CCCCC2)s1. The standard InChI is InChI=1S/C10H14ClNS/c11-10-5-4-9(13-10)8-12-6-2-1-3-7-12/h4-5H,1-3,6-8H2. The van der Waals surface area contributed by atoms with E-state index in [1.165, 1.54) is 37.2 Å². The molecule has 1 aliphatic heterocycles. The first-order valence-corrected chi connectivity index (χ1v) is 6.00. The highest BCUT2D eigenvalue weighted by molar-refractivity contribution is 7.16. The van der Waals surface area contributed by atoms with E-state index in [0.717, 1.165) is 10.9 Å². The Kier molecular flexibility index (Phi) is 3.25. The largest absolute Gasteiger partial charge is 0.298 e. The van der Waals surface area contributed by atoms with Crippen molar-refractivity contribution in [3.05, 3.63) is 21.3 Å². The number of rotatable bonds is 2. The highest BCUT2D eigenvalue weighted by Gasteiger charge is 2.10. The van der Waals surface area contributed by atoms with Crippen molar-refractivity contribution in [3.8, 4) is 0 Å². The average Bonchev–Trinajstić information content (AvgIpc) is 2.53. The lowest BCUT2D eigenvalue weighted by molar-refractivity contribution is 0.222. The smallest absolute Gasteiger partial charge is 0.0931 e. The Morgan fingerprint density at radius 1 is 1.23 bits per heavy atom. The topological polar surface area (TPSA) is 3.24 Å². The fourth-order valence-electron chi connectivity index (χ4n) is 1.77. The van der Waals surface area contributed by atoms with Gasteiger partial charge in [0.15, 0.2) is 0 Å². The minimum atomic E-state index is 0.909. The van der Waals surface area contributed by atoms with Crippen molar-refractivity contribution in [2.75, 3.05) is 13.1 Å². The van der Waals surface area contributed by atoms with Gasteiger partial charge >= 0.3 is 0 Å². The zero-order valence-electron chi connectivity index (χ0n) is 7.63. The van der Waals surface area contributed by atoms with Crippen LogP contribution in [0.5, 0.6) is 0 Å². The van der Waals surface area contributed by atoms with Crippen molar-refractivity contribution in [3.63, 3.8) is 0 Å². The number of hydrogen-bond donors (Lipinski definition) is 0. The second-order valence-corrected chi connectivity index (χ2v) is 5.34. The molecule has 0 aliphatic carbocycles. The van der Waals surface area contributed by atoms with Crippen LogP contribution in [0, 0.1) is 0 Å². The molecule has 0 amide bonds. The Hall–Kier alpha value is -0.0500. The third-order valence-electron chi connectivity index (χ3n) is 2.46. The van der Waals surface area contributed by atoms with Crippen LogP contribution in [-0.4, -0.2) is 18.0 Å². The van der Waals surface area contributed by atoms with Crippen LogP contribution in [0.2, 0.25) is 4.34 Å². The summed E-state index contributed by atoms with van der Waals surface area (Å²) in [5, 5.41) is 0. The van der Waals surface area contributed by atoms with E-state index in [1.54, 1.807) is 11.3 Å². The van der Waals surface area contributed by atoms with Crippen LogP contribution < -0.4 is 0 Å². The lowest BCUT2D eigenvalue weighted by atomic mass is 10.1. The maximum Gasteiger partial charge on any atom is 0.0931 e. The van der Waals surface area contributed by atoms with Gasteiger partial charge < -0.3 is 0 Å². The van der Waals surface area contributed by atoms with Crippen molar-refractivity contribution in [1.29, 1.82) is 0 Å². The number of halogens is 1. The number of nitrogens with zero attached hydrogens (tertiary/aromatic N) is 1. The van der Waals surface area contributed by atoms with Crippen LogP contribution in [0.25, 0.3) is 0 Å². The Labute approximate surface area is 88.3 Å². The molecule has 0 N–H and O–H groups in total. The minimum absolute atomic E-state index is 0.909. The van der Waals surface area contributed by atoms with Crippen LogP contribution in [0.3, 0.4) is 0 Å². The van der Waals surface area contributed by atoms with Gasteiger partial charge in [0.25, 0.3) is 0 Å². The van der Waals surface area contributed by atoms with Crippen LogP contribution in [0.4, 0.5) is 0 Å². The van der Waals surface area contributed by atoms with Gasteiger partial charge in [-0.05, 0) is 38.1 Å². The van der Waals surface area contributed by atoms with E-state index in [2.05, 4.69) is 11.0 Å². The van der Waals surface area contributed by atoms with Crippen LogP contribution in [0.1, 0.15) is 24.1 Å². The molecular formula is C10H14ClNS. The molecule has 0 unspecified atom stereocenters. The lowest BCUT2D eigenvalue weighted by Gasteiger charge is -2.25. The van der Waals surface area contributed by atoms with Crippen molar-refractivity contribution in [2.45, 2.75) is 25.8 Å². The fourth-order valence-corrected chi connectivity index (χ4v) is 2.90. The molecule has 1 saturated heterocycles. The maximum absolute atomic E-state index is 5.88. The second kappa shape index (κ2) is 4.45. The molecule has 0 saturated carbocycles. The number of thiophene rings is 1. The van der Waals surface area contributed by atoms with E-state index in [-0.39, 0.29) is 0 Å². The highest BCUT2D eigenvalue weighted by atomic mass is 35.5. The van der Waals surface area contributed by atoms with Crippen LogP contribution in [-0.2, 0) is 6.54 Å². The van der Waals surface area contributed by atoms with Gasteiger partial charge in [0.1, 0.15) is 0 Å². The minimum Gasteiger partial charge on any atom is -0.298 e. The molecule has 72 valence electrons. The molecule has 1 fully saturated rings. The molecule has 3 heteroatoms. The molecule has 0 spiro atoms. The summed E-state index contributed by atoms with van der Waals surface area (Å²) in [6.45, 7) is 3.61. The van der Waals surface area contributed by atoms with Crippen molar-refractivity contribution >= 4 is 22.9 Å². The second-order valence-electron chi connectivity index (χ2n) is 3.54. The van der Waals surface area contributed by atoms with Gasteiger partial charge in [-0.25, -0.2) is 0 Å². The molecule has 1 nitrogen and oxygen atoms in total. The third kappa shape index (κ3) is 2.70. The summed E-state index contributed by atoms with van der Waals surface area (Å²) in [4.78, 5) is 3.91. The Morgan fingerprint density at radius 2 is 2.00 bits per heavy atom. The van der Waals surface area contributed by atoms with E-state index < -0.39 is 0 Å². The molecule has 1 aromatic rings. The number of piperidine rings is 1. The highest BCUT2D eigenvalue weighted by Crippen LogP contribution is 2.23. The predicted octanol–water partition coefficient (Wildman–Crippen LogP) is 3.39. The van der Waals surface area contributed by atoms with Gasteiger partial charge in [-0.1, -0.05) is 18.0 Å². The average molecular weight is 216 g/mol. The van der Waals surface area contributed by atoms with Gasteiger partial charge in [-0.3, -0.25) is 4.90 Å². The van der Waals surface area contributed by atoms with E-state index in [4.69, 9.17) is 11.6 Å². The zero-order valence-corrected chi connectivity index (χ0v) is 9.20. The van der Waals surface area contributed by atoms with E-state index >= 15 is 0 Å². The molecule has 1 aromatic heterocycles. The molecule has 2 heterocycles. The normalized spacial score (nSPS) is 19.2. The molecule has 0 atom stereocenters. The summed E-state index contributed by atoms with van der Waals surface area (Å²) in [6.07, 6.45) is 4.12. The molecule has 2 rings (SSSR count). The van der Waals surface area contributed by atoms with Crippen molar-refractivity contribution < 1.29 is 0 Å². The van der Waals surface area contributed by atoms with Crippen molar-refractivity contribution in [1.82, 2.24) is 4.90 Å². The van der Waals surface area contributed by atoms with E-state index in [0.29, 0.717) is 0 Å². The molecule has 0 aromatic carbocycles. The Bertz CT molecular complexity index is 266. The maximum atomic E-state index is 5.88. The summed E-state index contributed by atoms with van der Waals surface area (Å²) < 4.78 is 0.909. The predicted molar refractivity (Wildman–Crippen MR) is 58.5 cm³/mol. The lowest BCUT2D eigenvalue weighted by Crippen LogP contribution is -2.28. The van der Waals surface area contributed by atoms with Gasteiger partial charge in [0, 0.05) is 11.4 Å².